The molecule has 0 heterocycles. The lowest BCUT2D eigenvalue weighted by Gasteiger charge is -2.10. The van der Waals surface area contributed by atoms with Gasteiger partial charge in [0.15, 0.2) is 0 Å². The van der Waals surface area contributed by atoms with Gasteiger partial charge in [-0.05, 0) is 25.0 Å². The molecule has 0 aliphatic heterocycles. The van der Waals surface area contributed by atoms with Crippen molar-refractivity contribution in [3.63, 3.8) is 0 Å². The Hall–Kier alpha value is -0.970. The Kier molecular flexibility index (Phi) is 6.99. The van der Waals surface area contributed by atoms with Gasteiger partial charge in [0.05, 0.1) is 16.4 Å². The number of carbonyl (C=O) groups excluding carboxylic acids is 1. The minimum absolute atomic E-state index is 0.143. The van der Waals surface area contributed by atoms with Gasteiger partial charge in [-0.2, -0.15) is 0 Å². The summed E-state index contributed by atoms with van der Waals surface area (Å²) in [7, 11) is 0. The van der Waals surface area contributed by atoms with Crippen molar-refractivity contribution in [1.82, 2.24) is 0 Å². The molecule has 0 bridgehead atoms. The molecule has 3 N–H and O–H groups in total. The molecule has 0 spiro atoms. The summed E-state index contributed by atoms with van der Waals surface area (Å²) in [5.74, 6) is -0.143. The molecule has 0 radical (unpaired) electrons. The van der Waals surface area contributed by atoms with E-state index >= 15 is 0 Å². The van der Waals surface area contributed by atoms with Crippen LogP contribution in [0.1, 0.15) is 26.2 Å². The third-order valence-corrected chi connectivity index (χ3v) is 2.91. The van der Waals surface area contributed by atoms with Crippen molar-refractivity contribution in [3.05, 3.63) is 22.2 Å². The molecule has 0 atom stereocenters. The average Bonchev–Trinajstić information content (AvgIpc) is 2.33. The van der Waals surface area contributed by atoms with Gasteiger partial charge in [0, 0.05) is 24.7 Å². The quantitative estimate of drug-likeness (QED) is 0.596. The Bertz CT molecular complexity index is 416. The molecule has 0 aliphatic rings. The minimum atomic E-state index is -0.143. The van der Waals surface area contributed by atoms with Gasteiger partial charge in [-0.25, -0.2) is 0 Å². The number of rotatable bonds is 7. The van der Waals surface area contributed by atoms with Gasteiger partial charge < -0.3 is 15.8 Å². The maximum atomic E-state index is 11.7. The van der Waals surface area contributed by atoms with Gasteiger partial charge >= 0.3 is 0 Å². The predicted molar refractivity (Wildman–Crippen MR) is 79.8 cm³/mol. The maximum Gasteiger partial charge on any atom is 0.224 e. The zero-order chi connectivity index (χ0) is 14.3. The van der Waals surface area contributed by atoms with Crippen molar-refractivity contribution in [2.45, 2.75) is 26.2 Å². The van der Waals surface area contributed by atoms with Crippen LogP contribution in [0.3, 0.4) is 0 Å². The van der Waals surface area contributed by atoms with E-state index in [2.05, 4.69) is 5.32 Å². The van der Waals surface area contributed by atoms with Gasteiger partial charge in [0.1, 0.15) is 0 Å². The fourth-order valence-corrected chi connectivity index (χ4v) is 2.06. The zero-order valence-electron chi connectivity index (χ0n) is 10.8. The van der Waals surface area contributed by atoms with Crippen LogP contribution in [0.5, 0.6) is 0 Å². The number of hydrogen-bond acceptors (Lipinski definition) is 3. The first-order valence-corrected chi connectivity index (χ1v) is 6.92. The fraction of sp³-hybridized carbons (Fsp3) is 0.462. The second-order valence-electron chi connectivity index (χ2n) is 4.12. The molecular formula is C13H18Cl2N2O2. The molecule has 0 unspecified atom stereocenters. The van der Waals surface area contributed by atoms with E-state index < -0.39 is 0 Å². The average molecular weight is 305 g/mol. The Morgan fingerprint density at radius 2 is 2.11 bits per heavy atom. The molecule has 0 saturated carbocycles. The number of anilines is 2. The third-order valence-electron chi connectivity index (χ3n) is 2.39. The second kappa shape index (κ2) is 8.25. The zero-order valence-corrected chi connectivity index (χ0v) is 12.4. The van der Waals surface area contributed by atoms with E-state index in [9.17, 15) is 4.79 Å². The Balaban J connectivity index is 2.44. The Morgan fingerprint density at radius 3 is 2.74 bits per heavy atom. The highest BCUT2D eigenvalue weighted by Crippen LogP contribution is 2.32. The number of benzene rings is 1. The smallest absolute Gasteiger partial charge is 0.224 e. The summed E-state index contributed by atoms with van der Waals surface area (Å²) in [6.07, 6.45) is 2.00. The highest BCUT2D eigenvalue weighted by molar-refractivity contribution is 6.37. The topological polar surface area (TPSA) is 64.3 Å². The normalized spacial score (nSPS) is 10.5. The first-order chi connectivity index (χ1) is 9.04. The lowest BCUT2D eigenvalue weighted by molar-refractivity contribution is -0.116. The van der Waals surface area contributed by atoms with Crippen LogP contribution < -0.4 is 11.1 Å². The highest BCUT2D eigenvalue weighted by Gasteiger charge is 2.10. The van der Waals surface area contributed by atoms with Crippen LogP contribution in [-0.4, -0.2) is 19.1 Å². The summed E-state index contributed by atoms with van der Waals surface area (Å²) in [6.45, 7) is 3.33. The first kappa shape index (κ1) is 16.1. The van der Waals surface area contributed by atoms with E-state index in [1.807, 2.05) is 6.92 Å². The fourth-order valence-electron chi connectivity index (χ4n) is 1.51. The molecule has 0 aliphatic carbocycles. The van der Waals surface area contributed by atoms with E-state index in [0.29, 0.717) is 40.9 Å². The first-order valence-electron chi connectivity index (χ1n) is 6.16. The third kappa shape index (κ3) is 5.68. The number of nitrogen functional groups attached to an aromatic ring is 1. The SMILES string of the molecule is CCCOCCCC(=O)Nc1c(N)cc(Cl)cc1Cl. The molecule has 1 aromatic carbocycles. The van der Waals surface area contributed by atoms with E-state index in [4.69, 9.17) is 33.7 Å². The molecule has 0 saturated heterocycles. The van der Waals surface area contributed by atoms with Gasteiger partial charge in [-0.3, -0.25) is 4.79 Å². The number of halogens is 2. The number of carbonyl (C=O) groups is 1. The number of nitrogens with two attached hydrogens (primary N) is 1. The number of amides is 1. The number of hydrogen-bond donors (Lipinski definition) is 2. The van der Waals surface area contributed by atoms with E-state index in [0.717, 1.165) is 13.0 Å². The van der Waals surface area contributed by atoms with Gasteiger partial charge in [-0.15, -0.1) is 0 Å². The molecule has 0 aromatic heterocycles. The van der Waals surface area contributed by atoms with Crippen molar-refractivity contribution in [1.29, 1.82) is 0 Å². The molecule has 4 nitrogen and oxygen atoms in total. The summed E-state index contributed by atoms with van der Waals surface area (Å²) in [4.78, 5) is 11.7. The van der Waals surface area contributed by atoms with Gasteiger partial charge in [0.2, 0.25) is 5.91 Å². The molecule has 1 amide bonds. The van der Waals surface area contributed by atoms with Crippen LogP contribution in [0.15, 0.2) is 12.1 Å². The minimum Gasteiger partial charge on any atom is -0.397 e. The molecule has 0 fully saturated rings. The van der Waals surface area contributed by atoms with Crippen LogP contribution in [0.25, 0.3) is 0 Å². The lowest BCUT2D eigenvalue weighted by Crippen LogP contribution is -2.14. The number of nitrogens with one attached hydrogen (secondary N) is 1. The summed E-state index contributed by atoms with van der Waals surface area (Å²) in [5, 5.41) is 3.46. The van der Waals surface area contributed by atoms with Crippen molar-refractivity contribution in [2.75, 3.05) is 24.3 Å². The van der Waals surface area contributed by atoms with Crippen LogP contribution in [0, 0.1) is 0 Å². The molecule has 1 rings (SSSR count). The van der Waals surface area contributed by atoms with Crippen molar-refractivity contribution < 1.29 is 9.53 Å². The molecule has 1 aromatic rings. The number of ether oxygens (including phenoxy) is 1. The summed E-state index contributed by atoms with van der Waals surface area (Å²) in [5.41, 5.74) is 6.52. The van der Waals surface area contributed by atoms with Crippen molar-refractivity contribution in [3.8, 4) is 0 Å². The highest BCUT2D eigenvalue weighted by atomic mass is 35.5. The van der Waals surface area contributed by atoms with Crippen LogP contribution >= 0.6 is 23.2 Å². The lowest BCUT2D eigenvalue weighted by atomic mass is 10.2. The molecule has 6 heteroatoms. The Morgan fingerprint density at radius 1 is 1.37 bits per heavy atom. The van der Waals surface area contributed by atoms with Crippen LogP contribution in [-0.2, 0) is 9.53 Å². The van der Waals surface area contributed by atoms with Gasteiger partial charge in [-0.1, -0.05) is 30.1 Å². The summed E-state index contributed by atoms with van der Waals surface area (Å²) in [6, 6.07) is 3.09. The van der Waals surface area contributed by atoms with E-state index in [-0.39, 0.29) is 5.91 Å². The largest absolute Gasteiger partial charge is 0.397 e. The summed E-state index contributed by atoms with van der Waals surface area (Å²) >= 11 is 11.8. The van der Waals surface area contributed by atoms with E-state index in [1.165, 1.54) is 0 Å². The second-order valence-corrected chi connectivity index (χ2v) is 4.96. The standard InChI is InChI=1S/C13H18Cl2N2O2/c1-2-5-19-6-3-4-12(18)17-13-10(15)7-9(14)8-11(13)16/h7-8H,2-6,16H2,1H3,(H,17,18). The Labute approximate surface area is 123 Å². The molecule has 19 heavy (non-hydrogen) atoms. The summed E-state index contributed by atoms with van der Waals surface area (Å²) < 4.78 is 5.30. The molecule has 106 valence electrons. The predicted octanol–water partition coefficient (Wildman–Crippen LogP) is 3.72. The van der Waals surface area contributed by atoms with Crippen LogP contribution in [0.2, 0.25) is 10.0 Å². The maximum absolute atomic E-state index is 11.7. The van der Waals surface area contributed by atoms with E-state index in [1.54, 1.807) is 12.1 Å². The van der Waals surface area contributed by atoms with Crippen molar-refractivity contribution in [2.24, 2.45) is 0 Å². The van der Waals surface area contributed by atoms with Crippen molar-refractivity contribution >= 4 is 40.5 Å². The van der Waals surface area contributed by atoms with Gasteiger partial charge in [0.25, 0.3) is 0 Å². The molecular weight excluding hydrogens is 287 g/mol. The monoisotopic (exact) mass is 304 g/mol. The van der Waals surface area contributed by atoms with Crippen LogP contribution in [0.4, 0.5) is 11.4 Å².